The molecule has 0 heterocycles. The molecule has 0 aliphatic heterocycles. The lowest BCUT2D eigenvalue weighted by molar-refractivity contribution is 0.567. The molecule has 0 N–H and O–H groups in total. The van der Waals surface area contributed by atoms with Crippen LogP contribution in [0.2, 0.25) is 5.04 Å². The van der Waals surface area contributed by atoms with Crippen molar-refractivity contribution in [2.24, 2.45) is 0 Å². The van der Waals surface area contributed by atoms with Crippen molar-refractivity contribution in [2.45, 2.75) is 45.1 Å². The molecule has 0 saturated heterocycles. The van der Waals surface area contributed by atoms with Crippen LogP contribution in [0.25, 0.3) is 0 Å². The Balaban J connectivity index is 3.63. The van der Waals surface area contributed by atoms with Crippen LogP contribution in [0.15, 0.2) is 0 Å². The maximum absolute atomic E-state index is 5.91. The van der Waals surface area contributed by atoms with Gasteiger partial charge in [-0.15, -0.1) is 22.2 Å². The van der Waals surface area contributed by atoms with Crippen LogP contribution in [0.3, 0.4) is 0 Å². The van der Waals surface area contributed by atoms with Crippen molar-refractivity contribution >= 4 is 29.6 Å². The van der Waals surface area contributed by atoms with E-state index in [4.69, 9.17) is 22.2 Å². The number of unbranched alkanes of at least 4 members (excludes halogenated alkanes) is 1. The summed E-state index contributed by atoms with van der Waals surface area (Å²) in [5, 5.41) is 0.221. The van der Waals surface area contributed by atoms with Gasteiger partial charge in [0, 0.05) is 0 Å². The Labute approximate surface area is 74.9 Å². The van der Waals surface area contributed by atoms with Crippen LogP contribution in [0.5, 0.6) is 0 Å². The van der Waals surface area contributed by atoms with E-state index in [0.717, 1.165) is 0 Å². The highest BCUT2D eigenvalue weighted by atomic mass is 35.7. The van der Waals surface area contributed by atoms with E-state index in [2.05, 4.69) is 20.8 Å². The minimum Gasteiger partial charge on any atom is -0.150 e. The molecule has 0 radical (unpaired) electrons. The van der Waals surface area contributed by atoms with Gasteiger partial charge in [0.05, 0.1) is 0 Å². The fraction of sp³-hybridized carbons (Fsp3) is 1.00. The van der Waals surface area contributed by atoms with E-state index in [1.165, 1.54) is 19.3 Å². The van der Waals surface area contributed by atoms with Gasteiger partial charge >= 0.3 is 0 Å². The summed E-state index contributed by atoms with van der Waals surface area (Å²) in [6.07, 6.45) is 3.65. The monoisotopic (exact) mass is 198 g/mol. The highest BCUT2D eigenvalue weighted by Crippen LogP contribution is 2.37. The van der Waals surface area contributed by atoms with Gasteiger partial charge < -0.3 is 0 Å². The Morgan fingerprint density at radius 1 is 1.30 bits per heavy atom. The number of hydrogen-bond acceptors (Lipinski definition) is 0. The second-order valence-corrected chi connectivity index (χ2v) is 8.85. The first-order valence-electron chi connectivity index (χ1n) is 3.79. The van der Waals surface area contributed by atoms with Gasteiger partial charge in [-0.3, -0.25) is 0 Å². The van der Waals surface area contributed by atoms with E-state index in [-0.39, 0.29) is 5.04 Å². The van der Waals surface area contributed by atoms with Crippen LogP contribution in [-0.4, -0.2) is 7.42 Å². The molecular weight excluding hydrogens is 183 g/mol. The standard InChI is InChI=1S/C7H16Cl2Si/c1-4-5-6-7(2,3)10(8)9/h10H,4-6H2,1-3H3. The average molecular weight is 199 g/mol. The summed E-state index contributed by atoms with van der Waals surface area (Å²) in [7, 11) is -1.47. The molecule has 0 unspecified atom stereocenters. The van der Waals surface area contributed by atoms with Gasteiger partial charge in [0.25, 0.3) is 0 Å². The summed E-state index contributed by atoms with van der Waals surface area (Å²) in [6.45, 7) is 6.52. The topological polar surface area (TPSA) is 0 Å². The first-order valence-corrected chi connectivity index (χ1v) is 7.85. The lowest BCUT2D eigenvalue weighted by Crippen LogP contribution is -2.16. The van der Waals surface area contributed by atoms with Crippen molar-refractivity contribution in [1.29, 1.82) is 0 Å². The second kappa shape index (κ2) is 4.63. The molecule has 0 atom stereocenters. The van der Waals surface area contributed by atoms with Crippen LogP contribution < -0.4 is 0 Å². The summed E-state index contributed by atoms with van der Waals surface area (Å²) in [5.74, 6) is 0. The summed E-state index contributed by atoms with van der Waals surface area (Å²) in [6, 6.07) is 0. The molecule has 0 aliphatic rings. The van der Waals surface area contributed by atoms with Gasteiger partial charge in [-0.1, -0.05) is 33.6 Å². The van der Waals surface area contributed by atoms with Gasteiger partial charge in [-0.25, -0.2) is 0 Å². The molecule has 0 amide bonds. The molecule has 0 aliphatic carbocycles. The minimum atomic E-state index is -1.47. The fourth-order valence-electron chi connectivity index (χ4n) is 0.742. The third-order valence-electron chi connectivity index (χ3n) is 1.77. The predicted molar refractivity (Wildman–Crippen MR) is 52.4 cm³/mol. The zero-order chi connectivity index (χ0) is 8.20. The Morgan fingerprint density at radius 2 is 1.80 bits per heavy atom. The minimum absolute atomic E-state index is 0.221. The van der Waals surface area contributed by atoms with Crippen LogP contribution in [0, 0.1) is 0 Å². The lowest BCUT2D eigenvalue weighted by Gasteiger charge is -2.23. The molecule has 0 rings (SSSR count). The third kappa shape index (κ3) is 3.84. The normalized spacial score (nSPS) is 12.6. The zero-order valence-corrected chi connectivity index (χ0v) is 9.62. The maximum Gasteiger partial charge on any atom is 0.242 e. The predicted octanol–water partition coefficient (Wildman–Crippen LogP) is 3.65. The third-order valence-corrected chi connectivity index (χ3v) is 6.78. The molecule has 0 aromatic carbocycles. The molecule has 62 valence electrons. The van der Waals surface area contributed by atoms with Crippen LogP contribution >= 0.6 is 22.2 Å². The van der Waals surface area contributed by atoms with Gasteiger partial charge in [-0.05, 0) is 11.5 Å². The van der Waals surface area contributed by atoms with E-state index in [1.807, 2.05) is 0 Å². The Bertz CT molecular complexity index is 91.6. The van der Waals surface area contributed by atoms with Crippen molar-refractivity contribution in [3.05, 3.63) is 0 Å². The van der Waals surface area contributed by atoms with Gasteiger partial charge in [0.1, 0.15) is 0 Å². The fourth-order valence-corrected chi connectivity index (χ4v) is 1.82. The quantitative estimate of drug-likeness (QED) is 0.479. The number of hydrogen-bond donors (Lipinski definition) is 0. The van der Waals surface area contributed by atoms with Crippen molar-refractivity contribution in [1.82, 2.24) is 0 Å². The molecule has 0 saturated carbocycles. The highest BCUT2D eigenvalue weighted by Gasteiger charge is 2.26. The summed E-state index contributed by atoms with van der Waals surface area (Å²) in [5.41, 5.74) is 0. The van der Waals surface area contributed by atoms with Crippen molar-refractivity contribution in [3.63, 3.8) is 0 Å². The number of rotatable bonds is 4. The van der Waals surface area contributed by atoms with Gasteiger partial charge in [-0.2, -0.15) is 0 Å². The molecule has 10 heavy (non-hydrogen) atoms. The second-order valence-electron chi connectivity index (χ2n) is 3.39. The summed E-state index contributed by atoms with van der Waals surface area (Å²) >= 11 is 11.8. The van der Waals surface area contributed by atoms with Crippen molar-refractivity contribution in [3.8, 4) is 0 Å². The molecule has 0 fully saturated rings. The Hall–Kier alpha value is 0.797. The van der Waals surface area contributed by atoms with Crippen LogP contribution in [-0.2, 0) is 0 Å². The van der Waals surface area contributed by atoms with Crippen molar-refractivity contribution < 1.29 is 0 Å². The number of halogens is 2. The molecule has 0 nitrogen and oxygen atoms in total. The zero-order valence-electron chi connectivity index (χ0n) is 6.95. The lowest BCUT2D eigenvalue weighted by atomic mass is 10.1. The summed E-state index contributed by atoms with van der Waals surface area (Å²) < 4.78 is 0. The molecule has 0 aromatic heterocycles. The van der Waals surface area contributed by atoms with Gasteiger partial charge in [0.2, 0.25) is 7.42 Å². The molecule has 0 spiro atoms. The average Bonchev–Trinajstić information content (AvgIpc) is 1.84. The van der Waals surface area contributed by atoms with Gasteiger partial charge in [0.15, 0.2) is 0 Å². The van der Waals surface area contributed by atoms with E-state index in [0.29, 0.717) is 0 Å². The maximum atomic E-state index is 5.91. The Kier molecular flexibility index (Phi) is 5.00. The van der Waals surface area contributed by atoms with E-state index >= 15 is 0 Å². The van der Waals surface area contributed by atoms with E-state index in [9.17, 15) is 0 Å². The molecule has 3 heteroatoms. The van der Waals surface area contributed by atoms with Crippen LogP contribution in [0.1, 0.15) is 40.0 Å². The molecule has 0 aromatic rings. The first-order chi connectivity index (χ1) is 4.50. The smallest absolute Gasteiger partial charge is 0.150 e. The Morgan fingerprint density at radius 3 is 2.10 bits per heavy atom. The first kappa shape index (κ1) is 10.8. The van der Waals surface area contributed by atoms with Crippen LogP contribution in [0.4, 0.5) is 0 Å². The summed E-state index contributed by atoms with van der Waals surface area (Å²) in [4.78, 5) is 0. The SMILES string of the molecule is CCCCC(C)(C)[SiH](Cl)Cl. The largest absolute Gasteiger partial charge is 0.242 e. The highest BCUT2D eigenvalue weighted by molar-refractivity contribution is 7.35. The van der Waals surface area contributed by atoms with Crippen molar-refractivity contribution in [2.75, 3.05) is 0 Å². The van der Waals surface area contributed by atoms with E-state index in [1.54, 1.807) is 0 Å². The molecular formula is C7H16Cl2Si. The van der Waals surface area contributed by atoms with E-state index < -0.39 is 7.42 Å². The molecule has 0 bridgehead atoms.